The molecular weight excluding hydrogens is 122 g/mol. The van der Waals surface area contributed by atoms with Crippen LogP contribution in [0.25, 0.3) is 0 Å². The predicted octanol–water partition coefficient (Wildman–Crippen LogP) is 0.504. The van der Waals surface area contributed by atoms with Crippen LogP contribution in [0.5, 0.6) is 0 Å². The van der Waals surface area contributed by atoms with Crippen molar-refractivity contribution in [2.24, 2.45) is 0 Å². The SMILES string of the molecule is [B]CC(C[B])=C(C#N)C#N. The first-order valence-corrected chi connectivity index (χ1v) is 2.72. The minimum Gasteiger partial charge on any atom is -0.192 e. The van der Waals surface area contributed by atoms with Crippen molar-refractivity contribution in [3.63, 3.8) is 0 Å². The van der Waals surface area contributed by atoms with Crippen molar-refractivity contribution < 1.29 is 0 Å². The van der Waals surface area contributed by atoms with Crippen LogP contribution in [-0.2, 0) is 0 Å². The number of allylic oxidation sites excluding steroid dienone is 2. The molecule has 0 aliphatic rings. The van der Waals surface area contributed by atoms with E-state index in [-0.39, 0.29) is 18.2 Å². The number of hydrogen-bond donors (Lipinski definition) is 0. The molecule has 0 aromatic heterocycles. The number of hydrogen-bond acceptors (Lipinski definition) is 2. The Labute approximate surface area is 63.0 Å². The van der Waals surface area contributed by atoms with Gasteiger partial charge in [0.25, 0.3) is 0 Å². The van der Waals surface area contributed by atoms with E-state index < -0.39 is 0 Å². The molecule has 0 spiro atoms. The fraction of sp³-hybridized carbons (Fsp3) is 0.333. The summed E-state index contributed by atoms with van der Waals surface area (Å²) in [6.45, 7) is 0. The molecule has 0 saturated heterocycles. The first-order valence-electron chi connectivity index (χ1n) is 2.72. The molecule has 0 unspecified atom stereocenters. The molecule has 0 aliphatic heterocycles. The van der Waals surface area contributed by atoms with Crippen LogP contribution in [0.2, 0.25) is 12.6 Å². The third kappa shape index (κ3) is 1.99. The quantitative estimate of drug-likeness (QED) is 0.399. The molecule has 10 heavy (non-hydrogen) atoms. The molecule has 0 aliphatic carbocycles. The highest BCUT2D eigenvalue weighted by Gasteiger charge is 1.99. The van der Waals surface area contributed by atoms with Crippen LogP contribution in [0.1, 0.15) is 0 Å². The van der Waals surface area contributed by atoms with E-state index in [1.54, 1.807) is 12.1 Å². The lowest BCUT2D eigenvalue weighted by Crippen LogP contribution is -1.86. The van der Waals surface area contributed by atoms with Crippen LogP contribution in [0.4, 0.5) is 0 Å². The summed E-state index contributed by atoms with van der Waals surface area (Å²) in [4.78, 5) is 0. The number of rotatable bonds is 2. The second-order valence-electron chi connectivity index (χ2n) is 1.61. The Kier molecular flexibility index (Phi) is 4.16. The minimum atomic E-state index is 0.0324. The Morgan fingerprint density at radius 1 is 1.10 bits per heavy atom. The Morgan fingerprint density at radius 3 is 1.60 bits per heavy atom. The maximum absolute atomic E-state index is 8.32. The largest absolute Gasteiger partial charge is 0.192 e. The summed E-state index contributed by atoms with van der Waals surface area (Å²) in [5.74, 6) is 0. The Morgan fingerprint density at radius 2 is 1.50 bits per heavy atom. The van der Waals surface area contributed by atoms with Gasteiger partial charge in [0.15, 0.2) is 0 Å². The molecule has 4 heteroatoms. The van der Waals surface area contributed by atoms with E-state index in [9.17, 15) is 0 Å². The zero-order valence-corrected chi connectivity index (χ0v) is 5.46. The van der Waals surface area contributed by atoms with Gasteiger partial charge in [0, 0.05) is 0 Å². The first kappa shape index (κ1) is 8.85. The molecule has 44 valence electrons. The van der Waals surface area contributed by atoms with Crippen LogP contribution in [0.15, 0.2) is 11.1 Å². The van der Waals surface area contributed by atoms with Crippen molar-refractivity contribution in [2.45, 2.75) is 12.6 Å². The zero-order chi connectivity index (χ0) is 7.98. The van der Waals surface area contributed by atoms with E-state index in [1.807, 2.05) is 0 Å². The summed E-state index contributed by atoms with van der Waals surface area (Å²) in [5, 5.41) is 16.6. The van der Waals surface area contributed by atoms with Gasteiger partial charge in [0.2, 0.25) is 0 Å². The fourth-order valence-electron chi connectivity index (χ4n) is 0.471. The van der Waals surface area contributed by atoms with Crippen LogP contribution in [0.3, 0.4) is 0 Å². The van der Waals surface area contributed by atoms with Crippen molar-refractivity contribution in [1.82, 2.24) is 0 Å². The highest BCUT2D eigenvalue weighted by Crippen LogP contribution is 2.09. The summed E-state index contributed by atoms with van der Waals surface area (Å²) in [5.41, 5.74) is 0.537. The average molecular weight is 126 g/mol. The van der Waals surface area contributed by atoms with Crippen LogP contribution in [-0.4, -0.2) is 15.7 Å². The summed E-state index contributed by atoms with van der Waals surface area (Å²) < 4.78 is 0. The van der Waals surface area contributed by atoms with Gasteiger partial charge in [-0.15, -0.1) is 0 Å². The first-order chi connectivity index (χ1) is 4.79. The highest BCUT2D eigenvalue weighted by atomic mass is 14.3. The lowest BCUT2D eigenvalue weighted by atomic mass is 9.84. The Bertz CT molecular complexity index is 197. The maximum atomic E-state index is 8.32. The molecule has 0 saturated carbocycles. The van der Waals surface area contributed by atoms with E-state index >= 15 is 0 Å². The van der Waals surface area contributed by atoms with Gasteiger partial charge in [0.05, 0.1) is 15.7 Å². The van der Waals surface area contributed by atoms with E-state index in [0.717, 1.165) is 0 Å². The lowest BCUT2D eigenvalue weighted by Gasteiger charge is -1.96. The molecule has 0 N–H and O–H groups in total. The normalized spacial score (nSPS) is 7.40. The molecule has 0 rings (SSSR count). The van der Waals surface area contributed by atoms with E-state index in [2.05, 4.69) is 0 Å². The topological polar surface area (TPSA) is 47.6 Å². The van der Waals surface area contributed by atoms with Gasteiger partial charge in [-0.05, 0) is 0 Å². The second kappa shape index (κ2) is 4.70. The van der Waals surface area contributed by atoms with E-state index in [4.69, 9.17) is 26.2 Å². The molecular formula is C6H4B2N2. The molecule has 0 aromatic rings. The molecule has 2 nitrogen and oxygen atoms in total. The third-order valence-electron chi connectivity index (χ3n) is 1.07. The highest BCUT2D eigenvalue weighted by molar-refractivity contribution is 6.14. The smallest absolute Gasteiger partial charge is 0.127 e. The molecule has 0 atom stereocenters. The van der Waals surface area contributed by atoms with E-state index in [1.165, 1.54) is 0 Å². The molecule has 0 amide bonds. The van der Waals surface area contributed by atoms with Crippen LogP contribution >= 0.6 is 0 Å². The van der Waals surface area contributed by atoms with Gasteiger partial charge in [-0.25, -0.2) is 0 Å². The van der Waals surface area contributed by atoms with Gasteiger partial charge < -0.3 is 0 Å². The monoisotopic (exact) mass is 126 g/mol. The summed E-state index contributed by atoms with van der Waals surface area (Å²) >= 11 is 0. The Balaban J connectivity index is 4.62. The molecule has 4 radical (unpaired) electrons. The van der Waals surface area contributed by atoms with Gasteiger partial charge in [0.1, 0.15) is 17.7 Å². The van der Waals surface area contributed by atoms with Gasteiger partial charge in [-0.2, -0.15) is 10.5 Å². The van der Waals surface area contributed by atoms with Gasteiger partial charge >= 0.3 is 0 Å². The molecule has 0 heterocycles. The van der Waals surface area contributed by atoms with Crippen molar-refractivity contribution in [1.29, 1.82) is 10.5 Å². The number of nitriles is 2. The van der Waals surface area contributed by atoms with Gasteiger partial charge in [-0.1, -0.05) is 18.2 Å². The van der Waals surface area contributed by atoms with Crippen LogP contribution < -0.4 is 0 Å². The predicted molar refractivity (Wildman–Crippen MR) is 39.4 cm³/mol. The van der Waals surface area contributed by atoms with Gasteiger partial charge in [-0.3, -0.25) is 0 Å². The maximum Gasteiger partial charge on any atom is 0.127 e. The fourth-order valence-corrected chi connectivity index (χ4v) is 0.471. The third-order valence-corrected chi connectivity index (χ3v) is 1.07. The van der Waals surface area contributed by atoms with Crippen LogP contribution in [0, 0.1) is 22.7 Å². The second-order valence-corrected chi connectivity index (χ2v) is 1.61. The summed E-state index contributed by atoms with van der Waals surface area (Å²) in [6.07, 6.45) is 0.347. The molecule has 0 bridgehead atoms. The Hall–Kier alpha value is -1.15. The standard InChI is InChI=1S/C6H4B2N2/c7-1-5(2-8)6(3-9)4-10/h1-2H2. The lowest BCUT2D eigenvalue weighted by molar-refractivity contribution is 1.31. The average Bonchev–Trinajstić information content (AvgIpc) is 2.00. The van der Waals surface area contributed by atoms with Crippen molar-refractivity contribution in [3.05, 3.63) is 11.1 Å². The summed E-state index contributed by atoms with van der Waals surface area (Å²) in [7, 11) is 10.4. The number of nitrogens with zero attached hydrogens (tertiary/aromatic N) is 2. The summed E-state index contributed by atoms with van der Waals surface area (Å²) in [6, 6.07) is 3.42. The minimum absolute atomic E-state index is 0.0324. The zero-order valence-electron chi connectivity index (χ0n) is 5.46. The molecule has 0 fully saturated rings. The van der Waals surface area contributed by atoms with Crippen molar-refractivity contribution in [2.75, 3.05) is 0 Å². The van der Waals surface area contributed by atoms with Crippen molar-refractivity contribution in [3.8, 4) is 12.1 Å². The van der Waals surface area contributed by atoms with Crippen molar-refractivity contribution >= 4 is 15.7 Å². The van der Waals surface area contributed by atoms with E-state index in [0.29, 0.717) is 5.57 Å². The molecule has 0 aromatic carbocycles.